The first-order valence-electron chi connectivity index (χ1n) is 13.6. The van der Waals surface area contributed by atoms with Crippen LogP contribution in [0.15, 0.2) is 60.7 Å². The van der Waals surface area contributed by atoms with Crippen molar-refractivity contribution in [2.75, 3.05) is 18.5 Å². The fraction of sp³-hybridized carbons (Fsp3) is 0.406. The molecule has 3 rings (SSSR count). The Labute approximate surface area is 236 Å². The lowest BCUT2D eigenvalue weighted by Gasteiger charge is -2.36. The summed E-state index contributed by atoms with van der Waals surface area (Å²) in [5.41, 5.74) is 2.16. The molecule has 0 radical (unpaired) electrons. The number of nitrogens with one attached hydrogen (secondary N) is 2. The zero-order valence-corrected chi connectivity index (χ0v) is 24.4. The van der Waals surface area contributed by atoms with Gasteiger partial charge in [0.2, 0.25) is 5.91 Å². The van der Waals surface area contributed by atoms with Gasteiger partial charge in [-0.1, -0.05) is 62.4 Å². The molecule has 0 fully saturated rings. The molecule has 8 nitrogen and oxygen atoms in total. The topological polar surface area (TPSA) is 108 Å². The maximum Gasteiger partial charge on any atom is 0.408 e. The Morgan fingerprint density at radius 3 is 2.12 bits per heavy atom. The summed E-state index contributed by atoms with van der Waals surface area (Å²) in [6.45, 7) is 12.1. The van der Waals surface area contributed by atoms with Crippen molar-refractivity contribution in [1.82, 2.24) is 10.2 Å². The molecule has 40 heavy (non-hydrogen) atoms. The number of ether oxygens (including phenoxy) is 1. The highest BCUT2D eigenvalue weighted by Gasteiger charge is 2.38. The fourth-order valence-electron chi connectivity index (χ4n) is 4.77. The third-order valence-electron chi connectivity index (χ3n) is 6.62. The van der Waals surface area contributed by atoms with Crippen molar-refractivity contribution < 1.29 is 24.2 Å². The van der Waals surface area contributed by atoms with Gasteiger partial charge in [0.05, 0.1) is 6.61 Å². The van der Waals surface area contributed by atoms with E-state index in [0.29, 0.717) is 11.3 Å². The Bertz CT molecular complexity index is 1340. The van der Waals surface area contributed by atoms with Crippen molar-refractivity contribution in [2.45, 2.75) is 66.2 Å². The summed E-state index contributed by atoms with van der Waals surface area (Å²) in [5.74, 6) is -1.23. The molecule has 3 aromatic rings. The van der Waals surface area contributed by atoms with Crippen LogP contribution in [0.1, 0.15) is 57.4 Å². The maximum atomic E-state index is 14.1. The van der Waals surface area contributed by atoms with Crippen LogP contribution >= 0.6 is 0 Å². The van der Waals surface area contributed by atoms with Crippen molar-refractivity contribution in [3.8, 4) is 0 Å². The van der Waals surface area contributed by atoms with Gasteiger partial charge in [-0.2, -0.15) is 0 Å². The molecule has 0 spiro atoms. The van der Waals surface area contributed by atoms with E-state index < -0.39 is 35.6 Å². The number of aliphatic hydroxyl groups is 1. The number of carbonyl (C=O) groups is 3. The second-order valence-corrected chi connectivity index (χ2v) is 11.4. The molecular weight excluding hydrogens is 506 g/mol. The molecule has 214 valence electrons. The standard InChI is InChI=1S/C32H41N3O5/c1-20(2)27(34-31(39)40-32(5,6)7)30(38)35(17-18-36)28(26-21(3)11-10-12-22(26)4)29(37)33-25-16-15-23-13-8-9-14-24(23)19-25/h8-16,19-20,27-28,36H,17-18H2,1-7H3,(H,33,37)(H,34,39). The summed E-state index contributed by atoms with van der Waals surface area (Å²) >= 11 is 0. The van der Waals surface area contributed by atoms with E-state index in [1.165, 1.54) is 4.90 Å². The van der Waals surface area contributed by atoms with E-state index >= 15 is 0 Å². The van der Waals surface area contributed by atoms with Crippen molar-refractivity contribution in [3.63, 3.8) is 0 Å². The molecule has 3 aromatic carbocycles. The van der Waals surface area contributed by atoms with Gasteiger partial charge in [-0.05, 0) is 80.1 Å². The van der Waals surface area contributed by atoms with Gasteiger partial charge in [-0.25, -0.2) is 4.79 Å². The molecule has 3 amide bonds. The zero-order valence-electron chi connectivity index (χ0n) is 24.4. The number of nitrogens with zero attached hydrogens (tertiary/aromatic N) is 1. The summed E-state index contributed by atoms with van der Waals surface area (Å²) in [4.78, 5) is 42.2. The highest BCUT2D eigenvalue weighted by atomic mass is 16.6. The first-order valence-corrected chi connectivity index (χ1v) is 13.6. The van der Waals surface area contributed by atoms with Gasteiger partial charge < -0.3 is 25.4 Å². The van der Waals surface area contributed by atoms with Crippen LogP contribution in [0.3, 0.4) is 0 Å². The lowest BCUT2D eigenvalue weighted by molar-refractivity contribution is -0.142. The Kier molecular flexibility index (Phi) is 9.93. The highest BCUT2D eigenvalue weighted by molar-refractivity contribution is 6.00. The third kappa shape index (κ3) is 7.60. The predicted octanol–water partition coefficient (Wildman–Crippen LogP) is 5.51. The van der Waals surface area contributed by atoms with Gasteiger partial charge in [0, 0.05) is 12.2 Å². The Hall–Kier alpha value is -3.91. The Morgan fingerprint density at radius 2 is 1.55 bits per heavy atom. The number of carbonyl (C=O) groups excluding carboxylic acids is 3. The number of rotatable bonds is 9. The zero-order chi connectivity index (χ0) is 29.6. The predicted molar refractivity (Wildman–Crippen MR) is 158 cm³/mol. The van der Waals surface area contributed by atoms with Crippen molar-refractivity contribution >= 4 is 34.4 Å². The van der Waals surface area contributed by atoms with Crippen LogP contribution in [0.5, 0.6) is 0 Å². The molecule has 0 aliphatic carbocycles. The first-order chi connectivity index (χ1) is 18.8. The van der Waals surface area contributed by atoms with Crippen molar-refractivity contribution in [3.05, 3.63) is 77.4 Å². The molecule has 0 aromatic heterocycles. The van der Waals surface area contributed by atoms with Crippen LogP contribution in [0.2, 0.25) is 0 Å². The molecule has 8 heteroatoms. The van der Waals surface area contributed by atoms with Crippen LogP contribution in [-0.4, -0.2) is 52.7 Å². The monoisotopic (exact) mass is 547 g/mol. The van der Waals surface area contributed by atoms with Crippen molar-refractivity contribution in [1.29, 1.82) is 0 Å². The van der Waals surface area contributed by atoms with Gasteiger partial charge in [0.1, 0.15) is 17.7 Å². The number of hydrogen-bond acceptors (Lipinski definition) is 5. The molecule has 2 atom stereocenters. The number of alkyl carbamates (subject to hydrolysis) is 1. The number of fused-ring (bicyclic) bond motifs is 1. The van der Waals surface area contributed by atoms with Gasteiger partial charge in [-0.3, -0.25) is 9.59 Å². The van der Waals surface area contributed by atoms with Crippen molar-refractivity contribution in [2.24, 2.45) is 5.92 Å². The average Bonchev–Trinajstić information content (AvgIpc) is 2.87. The van der Waals surface area contributed by atoms with Crippen LogP contribution in [0.4, 0.5) is 10.5 Å². The lowest BCUT2D eigenvalue weighted by Crippen LogP contribution is -2.55. The molecule has 0 heterocycles. The van der Waals surface area contributed by atoms with E-state index in [4.69, 9.17) is 4.74 Å². The van der Waals surface area contributed by atoms with E-state index in [1.54, 1.807) is 34.6 Å². The molecule has 0 aliphatic heterocycles. The number of aliphatic hydroxyl groups excluding tert-OH is 1. The summed E-state index contributed by atoms with van der Waals surface area (Å²) in [6, 6.07) is 17.1. The van der Waals surface area contributed by atoms with Crippen LogP contribution in [-0.2, 0) is 14.3 Å². The number of hydrogen-bond donors (Lipinski definition) is 3. The van der Waals surface area contributed by atoms with Gasteiger partial charge in [0.25, 0.3) is 5.91 Å². The molecule has 0 saturated heterocycles. The fourth-order valence-corrected chi connectivity index (χ4v) is 4.77. The second-order valence-electron chi connectivity index (χ2n) is 11.4. The molecule has 3 N–H and O–H groups in total. The van der Waals surface area contributed by atoms with Crippen LogP contribution in [0, 0.1) is 19.8 Å². The Balaban J connectivity index is 2.05. The average molecular weight is 548 g/mol. The normalized spacial score (nSPS) is 13.0. The van der Waals surface area contributed by atoms with E-state index in [2.05, 4.69) is 10.6 Å². The number of benzene rings is 3. The van der Waals surface area contributed by atoms with E-state index in [-0.39, 0.29) is 19.1 Å². The minimum absolute atomic E-state index is 0.109. The summed E-state index contributed by atoms with van der Waals surface area (Å²) in [7, 11) is 0. The quantitative estimate of drug-likeness (QED) is 0.328. The van der Waals surface area contributed by atoms with Crippen LogP contribution < -0.4 is 10.6 Å². The summed E-state index contributed by atoms with van der Waals surface area (Å²) in [6.07, 6.45) is -0.729. The van der Waals surface area contributed by atoms with E-state index in [1.807, 2.05) is 74.5 Å². The van der Waals surface area contributed by atoms with Gasteiger partial charge in [0.15, 0.2) is 0 Å². The summed E-state index contributed by atoms with van der Waals surface area (Å²) in [5, 5.41) is 17.7. The highest BCUT2D eigenvalue weighted by Crippen LogP contribution is 2.30. The van der Waals surface area contributed by atoms with E-state index in [0.717, 1.165) is 21.9 Å². The Morgan fingerprint density at radius 1 is 0.925 bits per heavy atom. The molecular formula is C32H41N3O5. The second kappa shape index (κ2) is 13.0. The maximum absolute atomic E-state index is 14.1. The first kappa shape index (κ1) is 30.6. The smallest absolute Gasteiger partial charge is 0.408 e. The number of anilines is 1. The number of amides is 3. The summed E-state index contributed by atoms with van der Waals surface area (Å²) < 4.78 is 5.40. The molecule has 0 bridgehead atoms. The third-order valence-corrected chi connectivity index (χ3v) is 6.62. The number of aryl methyl sites for hydroxylation is 2. The SMILES string of the molecule is Cc1cccc(C)c1C(C(=O)Nc1ccc2ccccc2c1)N(CCO)C(=O)C(NC(=O)OC(C)(C)C)C(C)C. The lowest BCUT2D eigenvalue weighted by atomic mass is 9.92. The van der Waals surface area contributed by atoms with Gasteiger partial charge in [-0.15, -0.1) is 0 Å². The largest absolute Gasteiger partial charge is 0.444 e. The minimum Gasteiger partial charge on any atom is -0.444 e. The molecule has 0 saturated carbocycles. The molecule has 2 unspecified atom stereocenters. The van der Waals surface area contributed by atoms with Crippen LogP contribution in [0.25, 0.3) is 10.8 Å². The minimum atomic E-state index is -1.06. The van der Waals surface area contributed by atoms with E-state index in [9.17, 15) is 19.5 Å². The molecule has 0 aliphatic rings. The van der Waals surface area contributed by atoms with Gasteiger partial charge >= 0.3 is 6.09 Å².